The molecule has 1 aromatic rings. The predicted molar refractivity (Wildman–Crippen MR) is 72.6 cm³/mol. The molecule has 0 radical (unpaired) electrons. The van der Waals surface area contributed by atoms with E-state index < -0.39 is 23.3 Å². The molecule has 1 aromatic heterocycles. The van der Waals surface area contributed by atoms with Gasteiger partial charge in [0, 0.05) is 42.6 Å². The average molecular weight is 303 g/mol. The zero-order valence-corrected chi connectivity index (χ0v) is 12.2. The van der Waals surface area contributed by atoms with Gasteiger partial charge in [-0.2, -0.15) is 13.2 Å². The summed E-state index contributed by atoms with van der Waals surface area (Å²) < 4.78 is 44.6. The second kappa shape index (κ2) is 5.90. The Morgan fingerprint density at radius 1 is 1.29 bits per heavy atom. The van der Waals surface area contributed by atoms with E-state index in [-0.39, 0.29) is 5.56 Å². The van der Waals surface area contributed by atoms with Crippen molar-refractivity contribution >= 4 is 0 Å². The molecule has 1 aliphatic rings. The Balaban J connectivity index is 2.32. The summed E-state index contributed by atoms with van der Waals surface area (Å²) in [6, 6.07) is 0.186. The first-order valence-electron chi connectivity index (χ1n) is 6.84. The highest BCUT2D eigenvalue weighted by atomic mass is 19.4. The number of hydrogen-bond acceptors (Lipinski definition) is 4. The first-order chi connectivity index (χ1) is 9.74. The molecule has 0 amide bonds. The molecule has 2 rings (SSSR count). The van der Waals surface area contributed by atoms with Crippen molar-refractivity contribution in [2.24, 2.45) is 5.73 Å². The lowest BCUT2D eigenvalue weighted by Gasteiger charge is -2.44. The SMILES string of the molecule is CC(C)(C(N)c1cnccc1C(F)(F)F)N1CCOCC1. The summed E-state index contributed by atoms with van der Waals surface area (Å²) in [7, 11) is 0. The number of nitrogens with two attached hydrogens (primary N) is 1. The van der Waals surface area contributed by atoms with Gasteiger partial charge >= 0.3 is 6.18 Å². The van der Waals surface area contributed by atoms with Gasteiger partial charge in [0.15, 0.2) is 0 Å². The van der Waals surface area contributed by atoms with Crippen molar-refractivity contribution in [2.75, 3.05) is 26.3 Å². The van der Waals surface area contributed by atoms with Crippen molar-refractivity contribution in [1.29, 1.82) is 0 Å². The molecule has 0 bridgehead atoms. The molecule has 0 aromatic carbocycles. The second-order valence-corrected chi connectivity index (χ2v) is 5.69. The summed E-state index contributed by atoms with van der Waals surface area (Å²) in [5.41, 5.74) is 4.87. The standard InChI is InChI=1S/C14H20F3N3O/c1-13(2,20-5-7-21-8-6-20)12(18)10-9-19-4-3-11(10)14(15,16)17/h3-4,9,12H,5-8,18H2,1-2H3. The van der Waals surface area contributed by atoms with Crippen LogP contribution < -0.4 is 5.73 Å². The van der Waals surface area contributed by atoms with E-state index in [2.05, 4.69) is 9.88 Å². The summed E-state index contributed by atoms with van der Waals surface area (Å²) in [5.74, 6) is 0. The normalized spacial score (nSPS) is 19.5. The summed E-state index contributed by atoms with van der Waals surface area (Å²) in [6.07, 6.45) is -2.08. The van der Waals surface area contributed by atoms with Gasteiger partial charge < -0.3 is 10.5 Å². The van der Waals surface area contributed by atoms with Gasteiger partial charge in [0.2, 0.25) is 0 Å². The Morgan fingerprint density at radius 3 is 2.48 bits per heavy atom. The topological polar surface area (TPSA) is 51.4 Å². The van der Waals surface area contributed by atoms with Crippen LogP contribution in [0.5, 0.6) is 0 Å². The van der Waals surface area contributed by atoms with Gasteiger partial charge in [0.25, 0.3) is 0 Å². The zero-order valence-electron chi connectivity index (χ0n) is 12.2. The molecule has 118 valence electrons. The molecule has 7 heteroatoms. The number of rotatable bonds is 3. The van der Waals surface area contributed by atoms with E-state index in [1.807, 2.05) is 13.8 Å². The number of ether oxygens (including phenoxy) is 1. The largest absolute Gasteiger partial charge is 0.416 e. The molecule has 21 heavy (non-hydrogen) atoms. The smallest absolute Gasteiger partial charge is 0.379 e. The molecule has 1 aliphatic heterocycles. The lowest BCUT2D eigenvalue weighted by molar-refractivity contribution is -0.138. The van der Waals surface area contributed by atoms with Gasteiger partial charge in [0.1, 0.15) is 0 Å². The maximum Gasteiger partial charge on any atom is 0.416 e. The Kier molecular flexibility index (Phi) is 4.55. The van der Waals surface area contributed by atoms with Crippen LogP contribution in [0.4, 0.5) is 13.2 Å². The van der Waals surface area contributed by atoms with Crippen molar-refractivity contribution in [2.45, 2.75) is 31.6 Å². The zero-order chi connectivity index (χ0) is 15.7. The van der Waals surface area contributed by atoms with Gasteiger partial charge in [-0.25, -0.2) is 0 Å². The monoisotopic (exact) mass is 303 g/mol. The second-order valence-electron chi connectivity index (χ2n) is 5.69. The number of nitrogens with zero attached hydrogens (tertiary/aromatic N) is 2. The van der Waals surface area contributed by atoms with Gasteiger partial charge in [-0.15, -0.1) is 0 Å². The van der Waals surface area contributed by atoms with E-state index in [0.29, 0.717) is 26.3 Å². The number of hydrogen-bond donors (Lipinski definition) is 1. The quantitative estimate of drug-likeness (QED) is 0.930. The van der Waals surface area contributed by atoms with E-state index >= 15 is 0 Å². The Bertz CT molecular complexity index is 485. The molecule has 2 N–H and O–H groups in total. The third-order valence-electron chi connectivity index (χ3n) is 4.08. The van der Waals surface area contributed by atoms with Crippen LogP contribution in [0.15, 0.2) is 18.5 Å². The van der Waals surface area contributed by atoms with Crippen LogP contribution in [0.2, 0.25) is 0 Å². The number of morpholine rings is 1. The van der Waals surface area contributed by atoms with Crippen molar-refractivity contribution in [1.82, 2.24) is 9.88 Å². The molecular formula is C14H20F3N3O. The highest BCUT2D eigenvalue weighted by molar-refractivity contribution is 5.31. The van der Waals surface area contributed by atoms with Gasteiger partial charge in [-0.05, 0) is 19.9 Å². The third-order valence-corrected chi connectivity index (χ3v) is 4.08. The molecular weight excluding hydrogens is 283 g/mol. The molecule has 0 aliphatic carbocycles. The van der Waals surface area contributed by atoms with Crippen LogP contribution in [0, 0.1) is 0 Å². The summed E-state index contributed by atoms with van der Waals surface area (Å²) in [5, 5.41) is 0. The van der Waals surface area contributed by atoms with E-state index in [4.69, 9.17) is 10.5 Å². The minimum Gasteiger partial charge on any atom is -0.379 e. The maximum absolute atomic E-state index is 13.1. The molecule has 2 heterocycles. The lowest BCUT2D eigenvalue weighted by atomic mass is 9.86. The van der Waals surface area contributed by atoms with E-state index in [1.54, 1.807) is 0 Å². The average Bonchev–Trinajstić information content (AvgIpc) is 2.46. The summed E-state index contributed by atoms with van der Waals surface area (Å²) in [6.45, 7) is 6.15. The lowest BCUT2D eigenvalue weighted by Crippen LogP contribution is -2.55. The van der Waals surface area contributed by atoms with Crippen molar-refractivity contribution in [3.63, 3.8) is 0 Å². The molecule has 1 unspecified atom stereocenters. The van der Waals surface area contributed by atoms with Crippen LogP contribution >= 0.6 is 0 Å². The number of pyridine rings is 1. The minimum absolute atomic E-state index is 0.0292. The fraction of sp³-hybridized carbons (Fsp3) is 0.643. The molecule has 0 spiro atoms. The van der Waals surface area contributed by atoms with Crippen molar-refractivity contribution in [3.05, 3.63) is 29.6 Å². The first-order valence-corrected chi connectivity index (χ1v) is 6.84. The van der Waals surface area contributed by atoms with Crippen LogP contribution in [-0.2, 0) is 10.9 Å². The van der Waals surface area contributed by atoms with E-state index in [9.17, 15) is 13.2 Å². The predicted octanol–water partition coefficient (Wildman–Crippen LogP) is 2.21. The van der Waals surface area contributed by atoms with Crippen LogP contribution in [0.3, 0.4) is 0 Å². The molecule has 0 saturated carbocycles. The fourth-order valence-electron chi connectivity index (χ4n) is 2.63. The van der Waals surface area contributed by atoms with Crippen molar-refractivity contribution in [3.8, 4) is 0 Å². The Morgan fingerprint density at radius 2 is 1.90 bits per heavy atom. The number of aromatic nitrogens is 1. The molecule has 1 fully saturated rings. The highest BCUT2D eigenvalue weighted by Crippen LogP contribution is 2.38. The highest BCUT2D eigenvalue weighted by Gasteiger charge is 2.41. The van der Waals surface area contributed by atoms with E-state index in [0.717, 1.165) is 12.3 Å². The minimum atomic E-state index is -4.43. The Hall–Kier alpha value is -1.18. The number of alkyl halides is 3. The van der Waals surface area contributed by atoms with Crippen LogP contribution in [0.25, 0.3) is 0 Å². The Labute approximate surface area is 122 Å². The first kappa shape index (κ1) is 16.2. The summed E-state index contributed by atoms with van der Waals surface area (Å²) in [4.78, 5) is 5.88. The van der Waals surface area contributed by atoms with Crippen molar-refractivity contribution < 1.29 is 17.9 Å². The summed E-state index contributed by atoms with van der Waals surface area (Å²) >= 11 is 0. The van der Waals surface area contributed by atoms with Gasteiger partial charge in [-0.1, -0.05) is 0 Å². The number of halogens is 3. The van der Waals surface area contributed by atoms with Crippen LogP contribution in [-0.4, -0.2) is 41.7 Å². The third kappa shape index (κ3) is 3.36. The van der Waals surface area contributed by atoms with Gasteiger partial charge in [0.05, 0.1) is 18.8 Å². The maximum atomic E-state index is 13.1. The fourth-order valence-corrected chi connectivity index (χ4v) is 2.63. The molecule has 4 nitrogen and oxygen atoms in total. The molecule has 1 atom stereocenters. The molecule has 1 saturated heterocycles. The van der Waals surface area contributed by atoms with Gasteiger partial charge in [-0.3, -0.25) is 9.88 Å². The van der Waals surface area contributed by atoms with Crippen LogP contribution in [0.1, 0.15) is 31.0 Å². The van der Waals surface area contributed by atoms with E-state index in [1.165, 1.54) is 6.20 Å².